The number of halogens is 5. The second kappa shape index (κ2) is 6.57. The van der Waals surface area contributed by atoms with E-state index in [1.54, 1.807) is 4.90 Å². The van der Waals surface area contributed by atoms with E-state index in [0.29, 0.717) is 25.9 Å². The Kier molecular flexibility index (Phi) is 4.64. The van der Waals surface area contributed by atoms with Crippen LogP contribution in [0.4, 0.5) is 22.0 Å². The molecule has 0 bridgehead atoms. The van der Waals surface area contributed by atoms with Crippen molar-refractivity contribution in [2.45, 2.75) is 25.7 Å². The van der Waals surface area contributed by atoms with Crippen LogP contribution >= 0.6 is 0 Å². The molecule has 2 fully saturated rings. The maximum atomic E-state index is 13.5. The molecule has 132 valence electrons. The normalized spacial score (nSPS) is 18.8. The Bertz CT molecular complexity index is 625. The minimum Gasteiger partial charge on any atom is -0.487 e. The lowest BCUT2D eigenvalue weighted by atomic mass is 9.97. The SMILES string of the molecule is O=C(C1CC1)N1CCC(COc2c(F)c(F)c(F)c(F)c2F)CC1. The average Bonchev–Trinajstić information content (AvgIpc) is 3.43. The van der Waals surface area contributed by atoms with E-state index in [-0.39, 0.29) is 24.3 Å². The summed E-state index contributed by atoms with van der Waals surface area (Å²) >= 11 is 0. The van der Waals surface area contributed by atoms with E-state index < -0.39 is 34.8 Å². The van der Waals surface area contributed by atoms with Gasteiger partial charge in [0, 0.05) is 19.0 Å². The van der Waals surface area contributed by atoms with Gasteiger partial charge in [-0.25, -0.2) is 13.2 Å². The van der Waals surface area contributed by atoms with E-state index in [1.807, 2.05) is 0 Å². The van der Waals surface area contributed by atoms with Crippen LogP contribution in [0.3, 0.4) is 0 Å². The van der Waals surface area contributed by atoms with Crippen LogP contribution in [-0.4, -0.2) is 30.5 Å². The molecule has 0 atom stereocenters. The lowest BCUT2D eigenvalue weighted by Gasteiger charge is -2.32. The third-order valence-electron chi connectivity index (χ3n) is 4.49. The van der Waals surface area contributed by atoms with Gasteiger partial charge >= 0.3 is 0 Å². The van der Waals surface area contributed by atoms with Gasteiger partial charge in [0.05, 0.1) is 6.61 Å². The second-order valence-corrected chi connectivity index (χ2v) is 6.25. The number of carbonyl (C=O) groups is 1. The predicted octanol–water partition coefficient (Wildman–Crippen LogP) is 3.41. The largest absolute Gasteiger partial charge is 0.487 e. The van der Waals surface area contributed by atoms with Crippen LogP contribution in [0.1, 0.15) is 25.7 Å². The standard InChI is InChI=1S/C16H16F5NO2/c17-10-11(18)13(20)15(14(21)12(10)19)24-7-8-3-5-22(6-4-8)16(23)9-1-2-9/h8-9H,1-7H2. The molecule has 2 aliphatic rings. The summed E-state index contributed by atoms with van der Waals surface area (Å²) in [6.07, 6.45) is 2.96. The Morgan fingerprint density at radius 2 is 1.38 bits per heavy atom. The molecule has 0 aromatic heterocycles. The number of carbonyl (C=O) groups excluding carboxylic acids is 1. The molecule has 1 aromatic rings. The molecular weight excluding hydrogens is 333 g/mol. The van der Waals surface area contributed by atoms with Crippen LogP contribution in [0, 0.1) is 40.9 Å². The van der Waals surface area contributed by atoms with Gasteiger partial charge < -0.3 is 9.64 Å². The third-order valence-corrected chi connectivity index (χ3v) is 4.49. The van der Waals surface area contributed by atoms with Crippen LogP contribution in [0.5, 0.6) is 5.75 Å². The van der Waals surface area contributed by atoms with Gasteiger partial charge in [-0.15, -0.1) is 0 Å². The summed E-state index contributed by atoms with van der Waals surface area (Å²) < 4.78 is 71.1. The van der Waals surface area contributed by atoms with Gasteiger partial charge in [-0.05, 0) is 31.6 Å². The Morgan fingerprint density at radius 1 is 0.875 bits per heavy atom. The molecule has 1 aliphatic carbocycles. The fourth-order valence-corrected chi connectivity index (χ4v) is 2.82. The number of piperidine rings is 1. The molecule has 1 amide bonds. The minimum absolute atomic E-state index is 0.108. The van der Waals surface area contributed by atoms with Crippen molar-refractivity contribution in [3.8, 4) is 5.75 Å². The fourth-order valence-electron chi connectivity index (χ4n) is 2.82. The number of benzene rings is 1. The first-order valence-electron chi connectivity index (χ1n) is 7.83. The summed E-state index contributed by atoms with van der Waals surface area (Å²) in [5.74, 6) is -11.3. The molecule has 1 heterocycles. The topological polar surface area (TPSA) is 29.5 Å². The quantitative estimate of drug-likeness (QED) is 0.474. The monoisotopic (exact) mass is 349 g/mol. The molecule has 0 radical (unpaired) electrons. The highest BCUT2D eigenvalue weighted by molar-refractivity contribution is 5.81. The molecule has 0 spiro atoms. The lowest BCUT2D eigenvalue weighted by Crippen LogP contribution is -2.40. The molecule has 1 saturated carbocycles. The van der Waals surface area contributed by atoms with E-state index in [1.165, 1.54) is 0 Å². The van der Waals surface area contributed by atoms with Crippen LogP contribution in [0.15, 0.2) is 0 Å². The highest BCUT2D eigenvalue weighted by Gasteiger charge is 2.35. The molecular formula is C16H16F5NO2. The highest BCUT2D eigenvalue weighted by Crippen LogP contribution is 2.33. The highest BCUT2D eigenvalue weighted by atomic mass is 19.2. The maximum absolute atomic E-state index is 13.5. The Balaban J connectivity index is 1.58. The van der Waals surface area contributed by atoms with Crippen LogP contribution < -0.4 is 4.74 Å². The lowest BCUT2D eigenvalue weighted by molar-refractivity contribution is -0.134. The summed E-state index contributed by atoms with van der Waals surface area (Å²) in [4.78, 5) is 13.7. The first-order valence-corrected chi connectivity index (χ1v) is 7.83. The summed E-state index contributed by atoms with van der Waals surface area (Å²) in [5.41, 5.74) is 0. The van der Waals surface area contributed by atoms with Crippen LogP contribution in [0.2, 0.25) is 0 Å². The van der Waals surface area contributed by atoms with Crippen molar-refractivity contribution in [2.24, 2.45) is 11.8 Å². The van der Waals surface area contributed by atoms with E-state index in [0.717, 1.165) is 12.8 Å². The number of hydrogen-bond acceptors (Lipinski definition) is 2. The molecule has 0 N–H and O–H groups in total. The molecule has 3 rings (SSSR count). The molecule has 24 heavy (non-hydrogen) atoms. The van der Waals surface area contributed by atoms with Crippen LogP contribution in [-0.2, 0) is 4.79 Å². The van der Waals surface area contributed by atoms with Crippen molar-refractivity contribution < 1.29 is 31.5 Å². The van der Waals surface area contributed by atoms with Crippen LogP contribution in [0.25, 0.3) is 0 Å². The molecule has 1 saturated heterocycles. The first kappa shape index (κ1) is 17.0. The second-order valence-electron chi connectivity index (χ2n) is 6.25. The van der Waals surface area contributed by atoms with Crippen molar-refractivity contribution >= 4 is 5.91 Å². The van der Waals surface area contributed by atoms with Gasteiger partial charge in [-0.3, -0.25) is 4.79 Å². The van der Waals surface area contributed by atoms with Gasteiger partial charge in [-0.2, -0.15) is 8.78 Å². The van der Waals surface area contributed by atoms with E-state index in [9.17, 15) is 26.7 Å². The van der Waals surface area contributed by atoms with Crippen molar-refractivity contribution in [3.63, 3.8) is 0 Å². The predicted molar refractivity (Wildman–Crippen MR) is 73.8 cm³/mol. The number of likely N-dealkylation sites (tertiary alicyclic amines) is 1. The zero-order valence-electron chi connectivity index (χ0n) is 12.8. The smallest absolute Gasteiger partial charge is 0.225 e. The number of hydrogen-bond donors (Lipinski definition) is 0. The fraction of sp³-hybridized carbons (Fsp3) is 0.562. The van der Waals surface area contributed by atoms with E-state index in [4.69, 9.17) is 4.74 Å². The number of nitrogens with zero attached hydrogens (tertiary/aromatic N) is 1. The zero-order valence-corrected chi connectivity index (χ0v) is 12.8. The number of rotatable bonds is 4. The third kappa shape index (κ3) is 3.18. The zero-order chi connectivity index (χ0) is 17.4. The summed E-state index contributed by atoms with van der Waals surface area (Å²) in [6, 6.07) is 0. The Labute approximate surface area is 135 Å². The van der Waals surface area contributed by atoms with Gasteiger partial charge in [-0.1, -0.05) is 0 Å². The summed E-state index contributed by atoms with van der Waals surface area (Å²) in [6.45, 7) is 0.866. The molecule has 3 nitrogen and oxygen atoms in total. The Hall–Kier alpha value is -1.86. The molecule has 1 aromatic carbocycles. The van der Waals surface area contributed by atoms with Crippen molar-refractivity contribution in [1.82, 2.24) is 4.90 Å². The van der Waals surface area contributed by atoms with Gasteiger partial charge in [0.2, 0.25) is 35.0 Å². The van der Waals surface area contributed by atoms with Gasteiger partial charge in [0.15, 0.2) is 5.75 Å². The van der Waals surface area contributed by atoms with Gasteiger partial charge in [0.1, 0.15) is 0 Å². The molecule has 0 unspecified atom stereocenters. The maximum Gasteiger partial charge on any atom is 0.225 e. The number of ether oxygens (including phenoxy) is 1. The molecule has 1 aliphatic heterocycles. The first-order chi connectivity index (χ1) is 11.4. The van der Waals surface area contributed by atoms with Crippen molar-refractivity contribution in [2.75, 3.05) is 19.7 Å². The minimum atomic E-state index is -2.20. The van der Waals surface area contributed by atoms with Crippen molar-refractivity contribution in [1.29, 1.82) is 0 Å². The Morgan fingerprint density at radius 3 is 1.88 bits per heavy atom. The molecule has 8 heteroatoms. The average molecular weight is 349 g/mol. The van der Waals surface area contributed by atoms with Crippen molar-refractivity contribution in [3.05, 3.63) is 29.1 Å². The van der Waals surface area contributed by atoms with E-state index >= 15 is 0 Å². The van der Waals surface area contributed by atoms with E-state index in [2.05, 4.69) is 0 Å². The van der Waals surface area contributed by atoms with Gasteiger partial charge in [0.25, 0.3) is 0 Å². The summed E-state index contributed by atoms with van der Waals surface area (Å²) in [5, 5.41) is 0. The summed E-state index contributed by atoms with van der Waals surface area (Å²) in [7, 11) is 0. The number of amides is 1.